The largest absolute Gasteiger partial charge is 0.497 e. The predicted molar refractivity (Wildman–Crippen MR) is 104 cm³/mol. The molecule has 0 spiro atoms. The van der Waals surface area contributed by atoms with Crippen molar-refractivity contribution in [3.8, 4) is 5.75 Å². The molecule has 2 aromatic rings. The Hall–Kier alpha value is -1.93. The van der Waals surface area contributed by atoms with Gasteiger partial charge in [0, 0.05) is 19.0 Å². The van der Waals surface area contributed by atoms with Gasteiger partial charge in [-0.15, -0.1) is 10.2 Å². The molecule has 8 heteroatoms. The van der Waals surface area contributed by atoms with Crippen LogP contribution in [0.1, 0.15) is 68.6 Å². The van der Waals surface area contributed by atoms with E-state index in [1.165, 1.54) is 23.6 Å². The van der Waals surface area contributed by atoms with Gasteiger partial charge in [0.25, 0.3) is 0 Å². The summed E-state index contributed by atoms with van der Waals surface area (Å²) in [6, 6.07) is 6.52. The molecule has 1 saturated carbocycles. The first kappa shape index (κ1) is 19.4. The highest BCUT2D eigenvalue weighted by atomic mass is 32.2. The van der Waals surface area contributed by atoms with Crippen molar-refractivity contribution in [1.82, 2.24) is 14.5 Å². The maximum Gasteiger partial charge on any atom is 0.243 e. The number of benzene rings is 1. The van der Waals surface area contributed by atoms with Crippen LogP contribution in [-0.4, -0.2) is 43.1 Å². The van der Waals surface area contributed by atoms with Crippen LogP contribution in [0.15, 0.2) is 33.6 Å². The Bertz CT molecular complexity index is 888. The summed E-state index contributed by atoms with van der Waals surface area (Å²) in [6.07, 6.45) is 7.54. The molecule has 1 aromatic heterocycles. The molecule has 152 valence electrons. The van der Waals surface area contributed by atoms with Crippen LogP contribution in [0.3, 0.4) is 0 Å². The van der Waals surface area contributed by atoms with Gasteiger partial charge in [-0.1, -0.05) is 19.3 Å². The van der Waals surface area contributed by atoms with Crippen molar-refractivity contribution in [2.45, 2.75) is 61.7 Å². The Kier molecular flexibility index (Phi) is 5.68. The third-order valence-corrected chi connectivity index (χ3v) is 7.72. The second-order valence-corrected chi connectivity index (χ2v) is 9.63. The molecule has 1 aliphatic heterocycles. The number of ether oxygens (including phenoxy) is 1. The van der Waals surface area contributed by atoms with Gasteiger partial charge in [-0.3, -0.25) is 0 Å². The fourth-order valence-electron chi connectivity index (χ4n) is 4.19. The fourth-order valence-corrected chi connectivity index (χ4v) is 5.71. The number of piperidine rings is 1. The molecule has 0 radical (unpaired) electrons. The standard InChI is InChI=1S/C20H27N3O4S/c1-26-17-9-11-18(12-10-17)28(24,25)23-13-5-8-16(14-23)20-22-21-19(27-20)15-6-3-2-4-7-15/h9-12,15-16H,2-8,13-14H2,1H3. The number of hydrogen-bond donors (Lipinski definition) is 0. The summed E-state index contributed by atoms with van der Waals surface area (Å²) in [7, 11) is -1.99. The van der Waals surface area contributed by atoms with Crippen molar-refractivity contribution in [2.75, 3.05) is 20.2 Å². The summed E-state index contributed by atoms with van der Waals surface area (Å²) in [5.41, 5.74) is 0. The molecule has 2 heterocycles. The Labute approximate surface area is 166 Å². The maximum absolute atomic E-state index is 13.0. The summed E-state index contributed by atoms with van der Waals surface area (Å²) in [5, 5.41) is 8.55. The molecular weight excluding hydrogens is 378 g/mol. The highest BCUT2D eigenvalue weighted by Gasteiger charge is 2.34. The number of methoxy groups -OCH3 is 1. The lowest BCUT2D eigenvalue weighted by Gasteiger charge is -2.30. The van der Waals surface area contributed by atoms with E-state index < -0.39 is 10.0 Å². The van der Waals surface area contributed by atoms with Crippen LogP contribution >= 0.6 is 0 Å². The van der Waals surface area contributed by atoms with Crippen LogP contribution in [-0.2, 0) is 10.0 Å². The van der Waals surface area contributed by atoms with Crippen molar-refractivity contribution in [3.63, 3.8) is 0 Å². The first-order valence-electron chi connectivity index (χ1n) is 10.1. The van der Waals surface area contributed by atoms with Crippen molar-refractivity contribution in [2.24, 2.45) is 0 Å². The number of hydrogen-bond acceptors (Lipinski definition) is 6. The molecule has 1 aliphatic carbocycles. The molecule has 1 saturated heterocycles. The first-order valence-corrected chi connectivity index (χ1v) is 11.5. The third kappa shape index (κ3) is 3.93. The quantitative estimate of drug-likeness (QED) is 0.754. The zero-order chi connectivity index (χ0) is 19.6. The van der Waals surface area contributed by atoms with Crippen LogP contribution in [0.5, 0.6) is 5.75 Å². The molecule has 0 amide bonds. The van der Waals surface area contributed by atoms with Gasteiger partial charge in [0.05, 0.1) is 17.9 Å². The maximum atomic E-state index is 13.0. The summed E-state index contributed by atoms with van der Waals surface area (Å²) in [6.45, 7) is 0.884. The Morgan fingerprint density at radius 3 is 2.29 bits per heavy atom. The molecule has 0 bridgehead atoms. The lowest BCUT2D eigenvalue weighted by molar-refractivity contribution is 0.273. The van der Waals surface area contributed by atoms with Crippen LogP contribution in [0.25, 0.3) is 0 Å². The van der Waals surface area contributed by atoms with Gasteiger partial charge in [0.1, 0.15) is 5.75 Å². The second kappa shape index (κ2) is 8.21. The topological polar surface area (TPSA) is 85.5 Å². The normalized spacial score (nSPS) is 22.2. The van der Waals surface area contributed by atoms with E-state index in [0.29, 0.717) is 30.6 Å². The smallest absolute Gasteiger partial charge is 0.243 e. The molecule has 28 heavy (non-hydrogen) atoms. The van der Waals surface area contributed by atoms with Crippen molar-refractivity contribution >= 4 is 10.0 Å². The summed E-state index contributed by atoms with van der Waals surface area (Å²) < 4.78 is 38.7. The zero-order valence-corrected chi connectivity index (χ0v) is 17.0. The van der Waals surface area contributed by atoms with Crippen LogP contribution < -0.4 is 4.74 Å². The molecule has 1 aromatic carbocycles. The van der Waals surface area contributed by atoms with Crippen molar-refractivity contribution in [3.05, 3.63) is 36.0 Å². The van der Waals surface area contributed by atoms with E-state index in [1.807, 2.05) is 0 Å². The summed E-state index contributed by atoms with van der Waals surface area (Å²) in [4.78, 5) is 0.280. The lowest BCUT2D eigenvalue weighted by atomic mass is 9.89. The lowest BCUT2D eigenvalue weighted by Crippen LogP contribution is -2.39. The predicted octanol–water partition coefficient (Wildman–Crippen LogP) is 3.69. The average Bonchev–Trinajstić information content (AvgIpc) is 3.25. The molecule has 0 N–H and O–H groups in total. The number of aromatic nitrogens is 2. The van der Waals surface area contributed by atoms with Gasteiger partial charge < -0.3 is 9.15 Å². The van der Waals surface area contributed by atoms with E-state index in [2.05, 4.69) is 10.2 Å². The van der Waals surface area contributed by atoms with Gasteiger partial charge in [-0.25, -0.2) is 8.42 Å². The highest BCUT2D eigenvalue weighted by Crippen LogP contribution is 2.35. The van der Waals surface area contributed by atoms with E-state index in [-0.39, 0.29) is 10.8 Å². The molecule has 4 rings (SSSR count). The third-order valence-electron chi connectivity index (χ3n) is 5.84. The van der Waals surface area contributed by atoms with Gasteiger partial charge in [-0.2, -0.15) is 4.31 Å². The average molecular weight is 406 g/mol. The minimum absolute atomic E-state index is 0.0494. The van der Waals surface area contributed by atoms with Crippen molar-refractivity contribution < 1.29 is 17.6 Å². The summed E-state index contributed by atoms with van der Waals surface area (Å²) in [5.74, 6) is 2.25. The Morgan fingerprint density at radius 2 is 1.61 bits per heavy atom. The van der Waals surface area contributed by atoms with Crippen LogP contribution in [0.2, 0.25) is 0 Å². The minimum atomic E-state index is -3.55. The van der Waals surface area contributed by atoms with E-state index in [0.717, 1.165) is 31.6 Å². The van der Waals surface area contributed by atoms with Crippen LogP contribution in [0, 0.1) is 0 Å². The second-order valence-electron chi connectivity index (χ2n) is 7.69. The molecule has 1 atom stereocenters. The van der Waals surface area contributed by atoms with Gasteiger partial charge in [-0.05, 0) is 49.9 Å². The summed E-state index contributed by atoms with van der Waals surface area (Å²) >= 11 is 0. The van der Waals surface area contributed by atoms with Gasteiger partial charge in [0.2, 0.25) is 21.8 Å². The Balaban J connectivity index is 1.48. The number of nitrogens with zero attached hydrogens (tertiary/aromatic N) is 3. The number of sulfonamides is 1. The van der Waals surface area contributed by atoms with Gasteiger partial charge >= 0.3 is 0 Å². The molecule has 1 unspecified atom stereocenters. The van der Waals surface area contributed by atoms with E-state index in [4.69, 9.17) is 9.15 Å². The zero-order valence-electron chi connectivity index (χ0n) is 16.2. The highest BCUT2D eigenvalue weighted by molar-refractivity contribution is 7.89. The monoisotopic (exact) mass is 405 g/mol. The van der Waals surface area contributed by atoms with E-state index in [9.17, 15) is 8.42 Å². The molecular formula is C20H27N3O4S. The van der Waals surface area contributed by atoms with Crippen molar-refractivity contribution in [1.29, 1.82) is 0 Å². The van der Waals surface area contributed by atoms with Gasteiger partial charge in [0.15, 0.2) is 0 Å². The fraction of sp³-hybridized carbons (Fsp3) is 0.600. The van der Waals surface area contributed by atoms with E-state index in [1.54, 1.807) is 31.4 Å². The number of rotatable bonds is 5. The minimum Gasteiger partial charge on any atom is -0.497 e. The van der Waals surface area contributed by atoms with Crippen LogP contribution in [0.4, 0.5) is 0 Å². The molecule has 7 nitrogen and oxygen atoms in total. The molecule has 2 aliphatic rings. The van der Waals surface area contributed by atoms with E-state index >= 15 is 0 Å². The Morgan fingerprint density at radius 1 is 0.964 bits per heavy atom. The SMILES string of the molecule is COc1ccc(S(=O)(=O)N2CCCC(c3nnc(C4CCCCC4)o3)C2)cc1. The first-order chi connectivity index (χ1) is 13.6. The molecule has 2 fully saturated rings.